The number of hydrogen-bond donors (Lipinski definition) is 2. The van der Waals surface area contributed by atoms with E-state index in [1.54, 1.807) is 19.1 Å². The van der Waals surface area contributed by atoms with Gasteiger partial charge in [-0.2, -0.15) is 0 Å². The van der Waals surface area contributed by atoms with Gasteiger partial charge < -0.3 is 15.4 Å². The van der Waals surface area contributed by atoms with Gasteiger partial charge in [-0.1, -0.05) is 54.1 Å². The number of nitrogens with one attached hydrogen (secondary N) is 2. The molecule has 1 heterocycles. The lowest BCUT2D eigenvalue weighted by molar-refractivity contribution is -0.115. The molecule has 0 radical (unpaired) electrons. The summed E-state index contributed by atoms with van der Waals surface area (Å²) in [7, 11) is 0. The lowest BCUT2D eigenvalue weighted by Crippen LogP contribution is -2.20. The van der Waals surface area contributed by atoms with E-state index in [-0.39, 0.29) is 24.4 Å². The minimum atomic E-state index is -0.589. The average molecular weight is 585 g/mol. The highest BCUT2D eigenvalue weighted by molar-refractivity contribution is 8.00. The van der Waals surface area contributed by atoms with Crippen LogP contribution in [-0.4, -0.2) is 24.4 Å². The Morgan fingerprint density at radius 3 is 2.44 bits per heavy atom. The molecule has 1 unspecified atom stereocenters. The summed E-state index contributed by atoms with van der Waals surface area (Å²) < 4.78 is 5.37. The molecule has 2 N–H and O–H groups in total. The molecular formula is C33H32N2O4S2. The lowest BCUT2D eigenvalue weighted by atomic mass is 9.95. The van der Waals surface area contributed by atoms with E-state index in [1.807, 2.05) is 73.7 Å². The van der Waals surface area contributed by atoms with E-state index in [4.69, 9.17) is 4.74 Å². The molecule has 8 heteroatoms. The summed E-state index contributed by atoms with van der Waals surface area (Å²) in [5, 5.41) is 6.01. The van der Waals surface area contributed by atoms with E-state index in [2.05, 4.69) is 10.6 Å². The van der Waals surface area contributed by atoms with Gasteiger partial charge in [-0.05, 0) is 81.0 Å². The number of esters is 1. The van der Waals surface area contributed by atoms with Crippen LogP contribution in [0.1, 0.15) is 67.3 Å². The Labute approximate surface area is 248 Å². The highest BCUT2D eigenvalue weighted by atomic mass is 32.2. The molecule has 0 saturated carbocycles. The molecule has 41 heavy (non-hydrogen) atoms. The van der Waals surface area contributed by atoms with Crippen molar-refractivity contribution in [3.05, 3.63) is 112 Å². The maximum atomic E-state index is 13.9. The first-order chi connectivity index (χ1) is 19.9. The second-order valence-electron chi connectivity index (χ2n) is 9.88. The van der Waals surface area contributed by atoms with E-state index in [0.717, 1.165) is 52.1 Å². The van der Waals surface area contributed by atoms with Crippen LogP contribution in [0.15, 0.2) is 83.8 Å². The van der Waals surface area contributed by atoms with E-state index < -0.39 is 5.25 Å². The summed E-state index contributed by atoms with van der Waals surface area (Å²) >= 11 is 2.87. The molecule has 3 aromatic carbocycles. The topological polar surface area (TPSA) is 84.5 Å². The van der Waals surface area contributed by atoms with E-state index in [0.29, 0.717) is 21.8 Å². The number of hydrogen-bond acceptors (Lipinski definition) is 6. The molecule has 0 fully saturated rings. The van der Waals surface area contributed by atoms with Crippen LogP contribution in [0.5, 0.6) is 0 Å². The van der Waals surface area contributed by atoms with E-state index in [1.165, 1.54) is 23.1 Å². The fourth-order valence-electron chi connectivity index (χ4n) is 4.84. The summed E-state index contributed by atoms with van der Waals surface area (Å²) in [5.74, 6) is -0.805. The predicted molar refractivity (Wildman–Crippen MR) is 166 cm³/mol. The van der Waals surface area contributed by atoms with Gasteiger partial charge in [0.15, 0.2) is 0 Å². The number of fused-ring (bicyclic) bond motifs is 1. The first kappa shape index (κ1) is 28.6. The molecule has 2 amide bonds. The number of rotatable bonds is 9. The third kappa shape index (κ3) is 6.89. The van der Waals surface area contributed by atoms with Crippen LogP contribution in [-0.2, 0) is 22.4 Å². The molecule has 5 rings (SSSR count). The van der Waals surface area contributed by atoms with Gasteiger partial charge >= 0.3 is 5.97 Å². The molecule has 0 spiro atoms. The summed E-state index contributed by atoms with van der Waals surface area (Å²) in [6.07, 6.45) is 3.80. The van der Waals surface area contributed by atoms with Gasteiger partial charge in [0, 0.05) is 21.0 Å². The fraction of sp³-hybridized carbons (Fsp3) is 0.242. The number of carbonyl (C=O) groups excluding carboxylic acids is 3. The summed E-state index contributed by atoms with van der Waals surface area (Å²) in [6, 6.07) is 24.5. The van der Waals surface area contributed by atoms with E-state index in [9.17, 15) is 14.4 Å². The predicted octanol–water partition coefficient (Wildman–Crippen LogP) is 7.84. The van der Waals surface area contributed by atoms with Crippen molar-refractivity contribution in [2.75, 3.05) is 17.2 Å². The maximum absolute atomic E-state index is 13.9. The van der Waals surface area contributed by atoms with Gasteiger partial charge in [0.1, 0.15) is 10.3 Å². The number of carbonyl (C=O) groups is 3. The van der Waals surface area contributed by atoms with Gasteiger partial charge in [0.05, 0.1) is 12.2 Å². The molecule has 0 aliphatic heterocycles. The number of ether oxygens (including phenoxy) is 1. The van der Waals surface area contributed by atoms with Crippen LogP contribution in [0.2, 0.25) is 0 Å². The Kier molecular flexibility index (Phi) is 9.21. The van der Waals surface area contributed by atoms with Gasteiger partial charge in [0.2, 0.25) is 5.91 Å². The number of aryl methyl sites for hydroxylation is 2. The molecule has 210 valence electrons. The monoisotopic (exact) mass is 584 g/mol. The molecule has 6 nitrogen and oxygen atoms in total. The largest absolute Gasteiger partial charge is 0.462 e. The van der Waals surface area contributed by atoms with Gasteiger partial charge in [-0.3, -0.25) is 9.59 Å². The number of benzene rings is 3. The molecule has 1 atom stereocenters. The highest BCUT2D eigenvalue weighted by Crippen LogP contribution is 2.41. The number of thioether (sulfide) groups is 1. The quantitative estimate of drug-likeness (QED) is 0.155. The molecule has 1 aliphatic carbocycles. The number of amides is 2. The van der Waals surface area contributed by atoms with Crippen LogP contribution in [0.4, 0.5) is 10.7 Å². The Morgan fingerprint density at radius 1 is 0.927 bits per heavy atom. The van der Waals surface area contributed by atoms with Gasteiger partial charge in [-0.15, -0.1) is 23.1 Å². The van der Waals surface area contributed by atoms with Crippen molar-refractivity contribution in [3.63, 3.8) is 0 Å². The normalized spacial score (nSPS) is 13.1. The molecular weight excluding hydrogens is 553 g/mol. The SMILES string of the molecule is CCOC(=O)c1c(NC(=O)C(Sc2cccc(NC(=O)c3ccc(C)cc3)c2)c2ccccc2)sc2c1CCCC2. The van der Waals surface area contributed by atoms with Crippen molar-refractivity contribution >= 4 is 51.6 Å². The third-order valence-corrected chi connectivity index (χ3v) is 9.34. The molecule has 4 aromatic rings. The van der Waals surface area contributed by atoms with Crippen molar-refractivity contribution in [2.24, 2.45) is 0 Å². The Balaban J connectivity index is 1.39. The molecule has 1 aromatic heterocycles. The standard InChI is InChI=1S/C33H32N2O4S2/c1-3-39-33(38)28-26-14-7-8-15-27(26)41-32(28)35-31(37)29(22-10-5-4-6-11-22)40-25-13-9-12-24(20-25)34-30(36)23-18-16-21(2)17-19-23/h4-6,9-13,16-20,29H,3,7-8,14-15H2,1-2H3,(H,34,36)(H,35,37). The second kappa shape index (κ2) is 13.2. The first-order valence-electron chi connectivity index (χ1n) is 13.7. The smallest absolute Gasteiger partial charge is 0.341 e. The first-order valence-corrected chi connectivity index (χ1v) is 15.4. The van der Waals surface area contributed by atoms with Crippen LogP contribution < -0.4 is 10.6 Å². The molecule has 0 saturated heterocycles. The summed E-state index contributed by atoms with van der Waals surface area (Å²) in [4.78, 5) is 41.6. The zero-order valence-corrected chi connectivity index (χ0v) is 24.7. The van der Waals surface area contributed by atoms with Crippen molar-refractivity contribution in [2.45, 2.75) is 49.7 Å². The Morgan fingerprint density at radius 2 is 1.68 bits per heavy atom. The van der Waals surface area contributed by atoms with Crippen LogP contribution in [0, 0.1) is 6.92 Å². The van der Waals surface area contributed by atoms with Crippen molar-refractivity contribution in [3.8, 4) is 0 Å². The van der Waals surface area contributed by atoms with E-state index >= 15 is 0 Å². The minimum Gasteiger partial charge on any atom is -0.462 e. The fourth-order valence-corrected chi connectivity index (χ4v) is 7.21. The zero-order chi connectivity index (χ0) is 28.8. The molecule has 1 aliphatic rings. The number of thiophene rings is 1. The van der Waals surface area contributed by atoms with Crippen LogP contribution in [0.25, 0.3) is 0 Å². The van der Waals surface area contributed by atoms with Crippen molar-refractivity contribution < 1.29 is 19.1 Å². The summed E-state index contributed by atoms with van der Waals surface area (Å²) in [5.41, 5.74) is 4.65. The maximum Gasteiger partial charge on any atom is 0.341 e. The molecule has 0 bridgehead atoms. The van der Waals surface area contributed by atoms with Gasteiger partial charge in [-0.25, -0.2) is 4.79 Å². The van der Waals surface area contributed by atoms with Crippen LogP contribution >= 0.6 is 23.1 Å². The number of anilines is 2. The van der Waals surface area contributed by atoms with Gasteiger partial charge in [0.25, 0.3) is 5.91 Å². The van der Waals surface area contributed by atoms with Crippen molar-refractivity contribution in [1.82, 2.24) is 0 Å². The lowest BCUT2D eigenvalue weighted by Gasteiger charge is -2.18. The van der Waals surface area contributed by atoms with Crippen molar-refractivity contribution in [1.29, 1.82) is 0 Å². The zero-order valence-electron chi connectivity index (χ0n) is 23.1. The Hall–Kier alpha value is -3.88. The highest BCUT2D eigenvalue weighted by Gasteiger charge is 2.30. The minimum absolute atomic E-state index is 0.197. The second-order valence-corrected chi connectivity index (χ2v) is 12.2. The summed E-state index contributed by atoms with van der Waals surface area (Å²) in [6.45, 7) is 4.04. The average Bonchev–Trinajstić information content (AvgIpc) is 3.35. The third-order valence-electron chi connectivity index (χ3n) is 6.89. The van der Waals surface area contributed by atoms with Crippen LogP contribution in [0.3, 0.4) is 0 Å². The Bertz CT molecular complexity index is 1550.